The zero-order valence-corrected chi connectivity index (χ0v) is 14.4. The largest absolute Gasteiger partial charge is 0.481 e. The van der Waals surface area contributed by atoms with Crippen LogP contribution in [0.15, 0.2) is 23.3 Å². The average Bonchev–Trinajstić information content (AvgIpc) is 2.51. The van der Waals surface area contributed by atoms with Gasteiger partial charge in [0, 0.05) is 17.8 Å². The van der Waals surface area contributed by atoms with Gasteiger partial charge in [0.25, 0.3) is 5.91 Å². The van der Waals surface area contributed by atoms with E-state index >= 15 is 0 Å². The van der Waals surface area contributed by atoms with Crippen molar-refractivity contribution >= 4 is 41.8 Å². The van der Waals surface area contributed by atoms with Crippen LogP contribution in [0, 0.1) is 5.92 Å². The van der Waals surface area contributed by atoms with Crippen molar-refractivity contribution in [3.8, 4) is 0 Å². The molecule has 6 N–H and O–H groups in total. The summed E-state index contributed by atoms with van der Waals surface area (Å²) in [7, 11) is 0. The van der Waals surface area contributed by atoms with E-state index in [-0.39, 0.29) is 37.2 Å². The topological polar surface area (TPSA) is 151 Å². The van der Waals surface area contributed by atoms with Gasteiger partial charge in [-0.2, -0.15) is 0 Å². The highest BCUT2D eigenvalue weighted by molar-refractivity contribution is 6.00. The number of carboxylic acids is 1. The Morgan fingerprint density at radius 1 is 1.40 bits per heavy atom. The molecule has 0 saturated heterocycles. The maximum Gasteiger partial charge on any atom is 0.304 e. The van der Waals surface area contributed by atoms with Gasteiger partial charge in [-0.1, -0.05) is 6.07 Å². The second-order valence-corrected chi connectivity index (χ2v) is 5.41. The molecule has 1 aliphatic rings. The lowest BCUT2D eigenvalue weighted by Gasteiger charge is -2.24. The predicted molar refractivity (Wildman–Crippen MR) is 94.3 cm³/mol. The summed E-state index contributed by atoms with van der Waals surface area (Å²) in [6, 6.07) is 4.83. The van der Waals surface area contributed by atoms with E-state index < -0.39 is 17.8 Å². The lowest BCUT2D eigenvalue weighted by Crippen LogP contribution is -2.34. The number of carboxylic acid groups (broad SMARTS) is 1. The highest BCUT2D eigenvalue weighted by atomic mass is 35.5. The second kappa shape index (κ2) is 8.34. The molecule has 1 heterocycles. The summed E-state index contributed by atoms with van der Waals surface area (Å²) in [6.07, 6.45) is 0.0768. The molecule has 25 heavy (non-hydrogen) atoms. The number of guanidine groups is 1. The number of nitrogens with zero attached hydrogens (tertiary/aromatic N) is 2. The van der Waals surface area contributed by atoms with Gasteiger partial charge < -0.3 is 21.9 Å². The van der Waals surface area contributed by atoms with Crippen LogP contribution in [0.5, 0.6) is 0 Å². The molecule has 0 aliphatic carbocycles. The number of hydrogen-bond donors (Lipinski definition) is 4. The number of amides is 2. The van der Waals surface area contributed by atoms with E-state index in [9.17, 15) is 14.4 Å². The average molecular weight is 370 g/mol. The third kappa shape index (κ3) is 4.83. The van der Waals surface area contributed by atoms with Crippen molar-refractivity contribution in [2.75, 3.05) is 11.9 Å². The summed E-state index contributed by atoms with van der Waals surface area (Å²) in [6.45, 7) is 2.00. The van der Waals surface area contributed by atoms with E-state index in [0.717, 1.165) is 10.6 Å². The number of rotatable bonds is 5. The van der Waals surface area contributed by atoms with Gasteiger partial charge in [-0.15, -0.1) is 17.5 Å². The molecule has 1 aromatic rings. The maximum atomic E-state index is 12.4. The van der Waals surface area contributed by atoms with Gasteiger partial charge in [0.2, 0.25) is 11.9 Å². The van der Waals surface area contributed by atoms with Crippen molar-refractivity contribution in [3.63, 3.8) is 0 Å². The molecule has 0 fully saturated rings. The third-order valence-corrected chi connectivity index (χ3v) is 3.64. The molecule has 1 aromatic carbocycles. The molecule has 0 radical (unpaired) electrons. The molecule has 9 nitrogen and oxygen atoms in total. The van der Waals surface area contributed by atoms with E-state index in [1.807, 2.05) is 0 Å². The number of anilines is 1. The fourth-order valence-electron chi connectivity index (χ4n) is 2.52. The Bertz CT molecular complexity index is 718. The van der Waals surface area contributed by atoms with Crippen molar-refractivity contribution < 1.29 is 19.5 Å². The van der Waals surface area contributed by atoms with E-state index in [4.69, 9.17) is 16.6 Å². The molecular formula is C15H20ClN5O4. The van der Waals surface area contributed by atoms with Crippen LogP contribution in [-0.2, 0) is 16.0 Å². The van der Waals surface area contributed by atoms with Gasteiger partial charge in [0.05, 0.1) is 12.3 Å². The van der Waals surface area contributed by atoms with E-state index in [0.29, 0.717) is 17.7 Å². The molecule has 1 unspecified atom stereocenters. The number of hydrogen-bond acceptors (Lipinski definition) is 4. The predicted octanol–water partition coefficient (Wildman–Crippen LogP) is 0.344. The maximum absolute atomic E-state index is 12.4. The molecule has 2 amide bonds. The number of nitrogens with one attached hydrogen (secondary N) is 1. The van der Waals surface area contributed by atoms with Crippen LogP contribution in [0.2, 0.25) is 0 Å². The normalized spacial score (nSPS) is 15.2. The van der Waals surface area contributed by atoms with Crippen LogP contribution in [0.1, 0.15) is 29.3 Å². The Kier molecular flexibility index (Phi) is 6.75. The minimum absolute atomic E-state index is 0. The Morgan fingerprint density at radius 2 is 2.08 bits per heavy atom. The van der Waals surface area contributed by atoms with E-state index in [1.54, 1.807) is 19.1 Å². The van der Waals surface area contributed by atoms with Crippen LogP contribution in [0.4, 0.5) is 5.69 Å². The van der Waals surface area contributed by atoms with Crippen LogP contribution < -0.4 is 16.8 Å². The van der Waals surface area contributed by atoms with Crippen LogP contribution in [0.3, 0.4) is 0 Å². The number of carbonyl (C=O) groups is 3. The minimum Gasteiger partial charge on any atom is -0.481 e. The van der Waals surface area contributed by atoms with Crippen LogP contribution >= 0.6 is 12.4 Å². The number of carbonyl (C=O) groups excluding carboxylic acids is 2. The Hall–Kier alpha value is -2.81. The Labute approximate surface area is 150 Å². The molecule has 0 saturated carbocycles. The number of hydrazone groups is 1. The molecule has 2 rings (SSSR count). The smallest absolute Gasteiger partial charge is 0.304 e. The fraction of sp³-hybridized carbons (Fsp3) is 0.333. The summed E-state index contributed by atoms with van der Waals surface area (Å²) >= 11 is 0. The fourth-order valence-corrected chi connectivity index (χ4v) is 2.52. The SMILES string of the molecule is CCN(N=C(N)N)C(=O)c1ccc2c(c1)NC(=O)C(CC(=O)O)C2.Cl. The van der Waals surface area contributed by atoms with E-state index in [2.05, 4.69) is 10.4 Å². The van der Waals surface area contributed by atoms with Crippen molar-refractivity contribution in [3.05, 3.63) is 29.3 Å². The van der Waals surface area contributed by atoms with Gasteiger partial charge in [-0.05, 0) is 31.0 Å². The highest BCUT2D eigenvalue weighted by Gasteiger charge is 2.29. The number of fused-ring (bicyclic) bond motifs is 1. The van der Waals surface area contributed by atoms with Crippen LogP contribution in [-0.4, -0.2) is 40.4 Å². The Morgan fingerprint density at radius 3 is 2.64 bits per heavy atom. The Balaban J connectivity index is 0.00000312. The van der Waals surface area contributed by atoms with Gasteiger partial charge in [-0.25, -0.2) is 5.01 Å². The van der Waals surface area contributed by atoms with Crippen LogP contribution in [0.25, 0.3) is 0 Å². The van der Waals surface area contributed by atoms with Crippen molar-refractivity contribution in [1.82, 2.24) is 5.01 Å². The summed E-state index contributed by atoms with van der Waals surface area (Å²) in [5.74, 6) is -2.65. The van der Waals surface area contributed by atoms with Crippen molar-refractivity contribution in [2.24, 2.45) is 22.5 Å². The first-order valence-electron chi connectivity index (χ1n) is 7.38. The van der Waals surface area contributed by atoms with Gasteiger partial charge in [0.15, 0.2) is 0 Å². The number of aliphatic carboxylic acids is 1. The first kappa shape index (κ1) is 20.2. The second-order valence-electron chi connectivity index (χ2n) is 5.41. The number of halogens is 1. The molecule has 1 atom stereocenters. The lowest BCUT2D eigenvalue weighted by molar-refractivity contribution is -0.140. The molecule has 0 bridgehead atoms. The van der Waals surface area contributed by atoms with Crippen molar-refractivity contribution in [2.45, 2.75) is 19.8 Å². The molecule has 10 heteroatoms. The first-order valence-corrected chi connectivity index (χ1v) is 7.38. The third-order valence-electron chi connectivity index (χ3n) is 3.64. The molecule has 0 spiro atoms. The number of nitrogens with two attached hydrogens (primary N) is 2. The first-order chi connectivity index (χ1) is 11.3. The summed E-state index contributed by atoms with van der Waals surface area (Å²) in [5, 5.41) is 16.4. The molecule has 136 valence electrons. The van der Waals surface area contributed by atoms with Gasteiger partial charge >= 0.3 is 5.97 Å². The summed E-state index contributed by atoms with van der Waals surface area (Å²) < 4.78 is 0. The molecular weight excluding hydrogens is 350 g/mol. The lowest BCUT2D eigenvalue weighted by atomic mass is 9.90. The molecule has 1 aliphatic heterocycles. The zero-order chi connectivity index (χ0) is 17.9. The quantitative estimate of drug-likeness (QED) is 0.334. The highest BCUT2D eigenvalue weighted by Crippen LogP contribution is 2.28. The van der Waals surface area contributed by atoms with E-state index in [1.165, 1.54) is 6.07 Å². The zero-order valence-electron chi connectivity index (χ0n) is 13.6. The minimum atomic E-state index is -1.03. The summed E-state index contributed by atoms with van der Waals surface area (Å²) in [5.41, 5.74) is 12.2. The number of benzene rings is 1. The molecule has 0 aromatic heterocycles. The summed E-state index contributed by atoms with van der Waals surface area (Å²) in [4.78, 5) is 35.2. The van der Waals surface area contributed by atoms with Gasteiger partial charge in [-0.3, -0.25) is 14.4 Å². The van der Waals surface area contributed by atoms with Crippen molar-refractivity contribution in [1.29, 1.82) is 0 Å². The standard InChI is InChI=1S/C15H19N5O4.ClH/c1-2-20(19-15(16)17)14(24)9-4-3-8-5-10(7-12(21)22)13(23)18-11(8)6-9;/h3-4,6,10H,2,5,7H2,1H3,(H,18,23)(H,21,22)(H4,16,17,19);1H. The monoisotopic (exact) mass is 369 g/mol. The van der Waals surface area contributed by atoms with Gasteiger partial charge in [0.1, 0.15) is 0 Å².